The van der Waals surface area contributed by atoms with Gasteiger partial charge in [-0.2, -0.15) is 0 Å². The molecule has 0 unspecified atom stereocenters. The number of unbranched alkanes of at least 4 members (excludes halogenated alkanes) is 2. The number of carboxylic acid groups (broad SMARTS) is 2. The summed E-state index contributed by atoms with van der Waals surface area (Å²) in [4.78, 5) is 36.3. The highest BCUT2D eigenvalue weighted by atomic mass is 32.2. The van der Waals surface area contributed by atoms with Crippen LogP contribution in [0.1, 0.15) is 41.8 Å². The molecule has 0 atom stereocenters. The molecule has 2 heterocycles. The van der Waals surface area contributed by atoms with Gasteiger partial charge >= 0.3 is 11.9 Å². The number of carbonyl (C=O) groups is 3. The van der Waals surface area contributed by atoms with Gasteiger partial charge in [0.2, 0.25) is 0 Å². The molecule has 0 radical (unpaired) electrons. The van der Waals surface area contributed by atoms with E-state index in [0.717, 1.165) is 0 Å². The maximum absolute atomic E-state index is 12.6. The summed E-state index contributed by atoms with van der Waals surface area (Å²) in [5.74, 6) is -1.08. The molecule has 0 saturated carbocycles. The number of benzene rings is 1. The fraction of sp³-hybridized carbons (Fsp3) is 0.238. The number of rotatable bonds is 9. The van der Waals surface area contributed by atoms with Crippen molar-refractivity contribution in [1.29, 1.82) is 0 Å². The van der Waals surface area contributed by atoms with Gasteiger partial charge in [-0.3, -0.25) is 14.5 Å². The number of furan rings is 1. The standard InChI is InChI=1S/C21H19NO6S2/c23-18(24)7-2-1-3-10-22-19(25)17(30-21(22)29)12-15-8-9-16(28-15)13-5-4-6-14(11-13)20(26)27/h4-6,8-9,11-12H,1-3,7,10H2,(H,23,24)(H,26,27)/b17-12-. The van der Waals surface area contributed by atoms with Crippen LogP contribution < -0.4 is 0 Å². The maximum atomic E-state index is 12.6. The summed E-state index contributed by atoms with van der Waals surface area (Å²) in [5.41, 5.74) is 0.790. The first-order valence-electron chi connectivity index (χ1n) is 9.26. The van der Waals surface area contributed by atoms with Crippen LogP contribution in [0.25, 0.3) is 17.4 Å². The largest absolute Gasteiger partial charge is 0.481 e. The van der Waals surface area contributed by atoms with E-state index in [4.69, 9.17) is 26.8 Å². The average molecular weight is 446 g/mol. The molecule has 0 aliphatic carbocycles. The van der Waals surface area contributed by atoms with Crippen molar-refractivity contribution in [3.8, 4) is 11.3 Å². The molecule has 1 aliphatic rings. The molecule has 1 amide bonds. The van der Waals surface area contributed by atoms with Crippen LogP contribution in [-0.2, 0) is 9.59 Å². The Morgan fingerprint density at radius 3 is 2.67 bits per heavy atom. The van der Waals surface area contributed by atoms with Crippen molar-refractivity contribution in [1.82, 2.24) is 4.90 Å². The van der Waals surface area contributed by atoms with Crippen LogP contribution in [0.2, 0.25) is 0 Å². The Morgan fingerprint density at radius 1 is 1.13 bits per heavy atom. The minimum atomic E-state index is -1.02. The number of carbonyl (C=O) groups excluding carboxylic acids is 1. The Hall–Kier alpha value is -2.91. The minimum absolute atomic E-state index is 0.120. The highest BCUT2D eigenvalue weighted by Gasteiger charge is 2.31. The van der Waals surface area contributed by atoms with Crippen LogP contribution in [0.15, 0.2) is 45.7 Å². The summed E-state index contributed by atoms with van der Waals surface area (Å²) >= 11 is 6.49. The van der Waals surface area contributed by atoms with Gasteiger partial charge in [-0.15, -0.1) is 0 Å². The first-order chi connectivity index (χ1) is 14.3. The Bertz CT molecular complexity index is 1030. The first-order valence-corrected chi connectivity index (χ1v) is 10.5. The molecule has 1 fully saturated rings. The molecule has 1 aromatic carbocycles. The number of thioether (sulfide) groups is 1. The Kier molecular flexibility index (Phi) is 7.07. The second-order valence-corrected chi connectivity index (χ2v) is 8.30. The molecule has 1 saturated heterocycles. The molecule has 156 valence electrons. The van der Waals surface area contributed by atoms with Gasteiger partial charge in [0.15, 0.2) is 0 Å². The van der Waals surface area contributed by atoms with Crippen molar-refractivity contribution in [2.75, 3.05) is 6.54 Å². The van der Waals surface area contributed by atoms with Crippen molar-refractivity contribution in [2.24, 2.45) is 0 Å². The summed E-state index contributed by atoms with van der Waals surface area (Å²) in [5, 5.41) is 17.8. The van der Waals surface area contributed by atoms with Crippen LogP contribution >= 0.6 is 24.0 Å². The molecule has 3 rings (SSSR count). The SMILES string of the molecule is O=C(O)CCCCCN1C(=O)/C(=C/c2ccc(-c3cccc(C(=O)O)c3)o2)SC1=S. The van der Waals surface area contributed by atoms with Gasteiger partial charge in [-0.05, 0) is 37.1 Å². The molecule has 30 heavy (non-hydrogen) atoms. The number of nitrogens with zero attached hydrogens (tertiary/aromatic N) is 1. The van der Waals surface area contributed by atoms with E-state index >= 15 is 0 Å². The van der Waals surface area contributed by atoms with Crippen LogP contribution in [-0.4, -0.2) is 43.8 Å². The zero-order valence-electron chi connectivity index (χ0n) is 15.9. The van der Waals surface area contributed by atoms with Crippen molar-refractivity contribution in [2.45, 2.75) is 25.7 Å². The van der Waals surface area contributed by atoms with Gasteiger partial charge < -0.3 is 14.6 Å². The van der Waals surface area contributed by atoms with E-state index in [9.17, 15) is 14.4 Å². The summed E-state index contributed by atoms with van der Waals surface area (Å²) < 4.78 is 6.23. The number of thiocarbonyl (C=S) groups is 1. The van der Waals surface area contributed by atoms with E-state index in [-0.39, 0.29) is 17.9 Å². The average Bonchev–Trinajstić information content (AvgIpc) is 3.27. The van der Waals surface area contributed by atoms with E-state index in [1.54, 1.807) is 30.3 Å². The molecule has 2 N–H and O–H groups in total. The van der Waals surface area contributed by atoms with Gasteiger partial charge in [0.05, 0.1) is 10.5 Å². The van der Waals surface area contributed by atoms with E-state index in [1.165, 1.54) is 28.8 Å². The van der Waals surface area contributed by atoms with Crippen LogP contribution in [0, 0.1) is 0 Å². The fourth-order valence-electron chi connectivity index (χ4n) is 2.94. The third kappa shape index (κ3) is 5.37. The predicted octanol–water partition coefficient (Wildman–Crippen LogP) is 4.49. The monoisotopic (exact) mass is 445 g/mol. The Balaban J connectivity index is 1.65. The molecule has 1 aliphatic heterocycles. The molecular formula is C21H19NO6S2. The number of aromatic carboxylic acids is 1. The summed E-state index contributed by atoms with van der Waals surface area (Å²) in [6.07, 6.45) is 3.69. The first kappa shape index (κ1) is 21.8. The van der Waals surface area contributed by atoms with Gasteiger partial charge in [-0.25, -0.2) is 4.79 Å². The van der Waals surface area contributed by atoms with Crippen molar-refractivity contribution < 1.29 is 29.0 Å². The minimum Gasteiger partial charge on any atom is -0.481 e. The second kappa shape index (κ2) is 9.73. The quantitative estimate of drug-likeness (QED) is 0.330. The second-order valence-electron chi connectivity index (χ2n) is 6.63. The predicted molar refractivity (Wildman–Crippen MR) is 117 cm³/mol. The number of carboxylic acids is 2. The maximum Gasteiger partial charge on any atom is 0.335 e. The Labute approximate surface area is 182 Å². The molecule has 7 nitrogen and oxygen atoms in total. The molecular weight excluding hydrogens is 426 g/mol. The van der Waals surface area contributed by atoms with E-state index in [1.807, 2.05) is 0 Å². The highest BCUT2D eigenvalue weighted by Crippen LogP contribution is 2.34. The lowest BCUT2D eigenvalue weighted by atomic mass is 10.1. The van der Waals surface area contributed by atoms with Gasteiger partial charge in [0.1, 0.15) is 15.8 Å². The molecule has 9 heteroatoms. The molecule has 2 aromatic rings. The Morgan fingerprint density at radius 2 is 1.93 bits per heavy atom. The molecule has 0 spiro atoms. The lowest BCUT2D eigenvalue weighted by Crippen LogP contribution is -2.29. The van der Waals surface area contributed by atoms with Gasteiger partial charge in [0.25, 0.3) is 5.91 Å². The normalized spacial score (nSPS) is 15.2. The number of hydrogen-bond acceptors (Lipinski definition) is 6. The third-order valence-electron chi connectivity index (χ3n) is 4.44. The van der Waals surface area contributed by atoms with E-state index in [0.29, 0.717) is 52.1 Å². The van der Waals surface area contributed by atoms with E-state index < -0.39 is 11.9 Å². The van der Waals surface area contributed by atoms with Gasteiger partial charge in [0, 0.05) is 24.6 Å². The van der Waals surface area contributed by atoms with E-state index in [2.05, 4.69) is 0 Å². The zero-order chi connectivity index (χ0) is 21.7. The summed E-state index contributed by atoms with van der Waals surface area (Å²) in [6.45, 7) is 0.451. The van der Waals surface area contributed by atoms with Gasteiger partial charge in [-0.1, -0.05) is 42.5 Å². The third-order valence-corrected chi connectivity index (χ3v) is 5.82. The van der Waals surface area contributed by atoms with Crippen LogP contribution in [0.3, 0.4) is 0 Å². The zero-order valence-corrected chi connectivity index (χ0v) is 17.5. The highest BCUT2D eigenvalue weighted by molar-refractivity contribution is 8.26. The van der Waals surface area contributed by atoms with Crippen molar-refractivity contribution in [3.05, 3.63) is 52.6 Å². The van der Waals surface area contributed by atoms with Crippen molar-refractivity contribution >= 4 is 52.2 Å². The van der Waals surface area contributed by atoms with Crippen LogP contribution in [0.4, 0.5) is 0 Å². The van der Waals surface area contributed by atoms with Crippen molar-refractivity contribution in [3.63, 3.8) is 0 Å². The summed E-state index contributed by atoms with van der Waals surface area (Å²) in [7, 11) is 0. The molecule has 0 bridgehead atoms. The number of aliphatic carboxylic acids is 1. The smallest absolute Gasteiger partial charge is 0.335 e. The molecule has 1 aromatic heterocycles. The lowest BCUT2D eigenvalue weighted by molar-refractivity contribution is -0.137. The fourth-order valence-corrected chi connectivity index (χ4v) is 4.22. The number of amides is 1. The topological polar surface area (TPSA) is 108 Å². The lowest BCUT2D eigenvalue weighted by Gasteiger charge is -2.13. The summed E-state index contributed by atoms with van der Waals surface area (Å²) in [6, 6.07) is 9.84. The van der Waals surface area contributed by atoms with Crippen LogP contribution in [0.5, 0.6) is 0 Å². The number of hydrogen-bond donors (Lipinski definition) is 2.